The SMILES string of the molecule is Cc1cc(O)cc(C(C)(C)C)c1.[C-]1=CC=CC1.[CH2]=[Ti+].[Cl-].[Cl-]. The van der Waals surface area contributed by atoms with Crippen molar-refractivity contribution in [2.45, 2.75) is 39.5 Å². The molecule has 1 aliphatic rings. The topological polar surface area (TPSA) is 20.2 Å². The average Bonchev–Trinajstić information content (AvgIpc) is 2.88. The van der Waals surface area contributed by atoms with Gasteiger partial charge in [0, 0.05) is 0 Å². The number of rotatable bonds is 0. The summed E-state index contributed by atoms with van der Waals surface area (Å²) < 4.78 is 0. The molecule has 0 fully saturated rings. The first kappa shape index (κ1) is 25.6. The van der Waals surface area contributed by atoms with Crippen molar-refractivity contribution in [1.82, 2.24) is 0 Å². The van der Waals surface area contributed by atoms with Crippen LogP contribution >= 0.6 is 0 Å². The molecule has 0 bridgehead atoms. The summed E-state index contributed by atoms with van der Waals surface area (Å²) in [6.45, 7) is 8.42. The second kappa shape index (κ2) is 13.3. The van der Waals surface area contributed by atoms with Crippen molar-refractivity contribution in [3.05, 3.63) is 53.6 Å². The van der Waals surface area contributed by atoms with Gasteiger partial charge in [0.15, 0.2) is 0 Å². The van der Waals surface area contributed by atoms with Gasteiger partial charge in [-0.15, -0.1) is 6.42 Å². The molecule has 0 amide bonds. The second-order valence-electron chi connectivity index (χ2n) is 5.31. The molecule has 117 valence electrons. The number of aryl methyl sites for hydroxylation is 1. The van der Waals surface area contributed by atoms with E-state index in [9.17, 15) is 5.11 Å². The summed E-state index contributed by atoms with van der Waals surface area (Å²) in [5.74, 6) is 0.361. The van der Waals surface area contributed by atoms with Crippen LogP contribution in [0.3, 0.4) is 0 Å². The Morgan fingerprint density at radius 1 is 1.14 bits per heavy atom. The molecule has 4 heteroatoms. The molecular weight excluding hydrogens is 339 g/mol. The Morgan fingerprint density at radius 3 is 2.00 bits per heavy atom. The maximum absolute atomic E-state index is 9.36. The maximum Gasteiger partial charge on any atom is -1.00 e. The Balaban J connectivity index is -0.000000306. The molecule has 2 rings (SSSR count). The third kappa shape index (κ3) is 11.9. The second-order valence-corrected chi connectivity index (χ2v) is 5.31. The largest absolute Gasteiger partial charge is 1.00 e. The molecule has 0 atom stereocenters. The van der Waals surface area contributed by atoms with E-state index in [0.29, 0.717) is 5.75 Å². The first-order chi connectivity index (χ1) is 8.89. The number of hydrogen-bond acceptors (Lipinski definition) is 1. The number of aromatic hydroxyl groups is 1. The zero-order valence-corrected chi connectivity index (χ0v) is 16.2. The Bertz CT molecular complexity index is 418. The molecule has 0 saturated carbocycles. The molecule has 21 heavy (non-hydrogen) atoms. The fraction of sp³-hybridized carbons (Fsp3) is 0.353. The number of allylic oxidation sites excluding steroid dienone is 4. The van der Waals surface area contributed by atoms with E-state index in [4.69, 9.17) is 0 Å². The minimum absolute atomic E-state index is 0. The van der Waals surface area contributed by atoms with Crippen molar-refractivity contribution in [2.24, 2.45) is 0 Å². The summed E-state index contributed by atoms with van der Waals surface area (Å²) in [7, 11) is 0. The van der Waals surface area contributed by atoms with E-state index in [1.165, 1.54) is 5.56 Å². The smallest absolute Gasteiger partial charge is 1.00 e. The molecule has 0 heterocycles. The molecule has 1 aromatic rings. The third-order valence-corrected chi connectivity index (χ3v) is 2.51. The van der Waals surface area contributed by atoms with Gasteiger partial charge in [0.2, 0.25) is 0 Å². The number of hydrogen-bond donors (Lipinski definition) is 1. The van der Waals surface area contributed by atoms with Gasteiger partial charge in [-0.3, -0.25) is 6.08 Å². The van der Waals surface area contributed by atoms with E-state index < -0.39 is 0 Å². The van der Waals surface area contributed by atoms with E-state index in [0.717, 1.165) is 12.0 Å². The van der Waals surface area contributed by atoms with Crippen LogP contribution in [0.2, 0.25) is 0 Å². The van der Waals surface area contributed by atoms with Crippen LogP contribution in [0.5, 0.6) is 5.75 Å². The predicted molar refractivity (Wildman–Crippen MR) is 80.2 cm³/mol. The van der Waals surface area contributed by atoms with Crippen LogP contribution in [-0.2, 0) is 25.4 Å². The third-order valence-electron chi connectivity index (χ3n) is 2.51. The van der Waals surface area contributed by atoms with Crippen molar-refractivity contribution in [1.29, 1.82) is 0 Å². The standard InChI is InChI=1S/C11H16O.C5H5.CH2.2ClH.Ti/c1-8-5-9(11(2,3)4)7-10(12)6-8;1-2-4-5-3-1;;;;/h5-7,12H,1-4H3;1-3H,4H2;1H2;2*1H;/q;-1;;;;+1/p-2. The molecule has 1 nitrogen and oxygen atoms in total. The number of phenols is 1. The van der Waals surface area contributed by atoms with Crippen molar-refractivity contribution in [3.63, 3.8) is 0 Å². The maximum atomic E-state index is 9.36. The van der Waals surface area contributed by atoms with E-state index >= 15 is 0 Å². The van der Waals surface area contributed by atoms with E-state index in [1.807, 2.05) is 25.1 Å². The Hall–Kier alpha value is -0.336. The van der Waals surface area contributed by atoms with Crippen LogP contribution < -0.4 is 24.8 Å². The average molecular weight is 362 g/mol. The van der Waals surface area contributed by atoms with E-state index in [-0.39, 0.29) is 30.2 Å². The molecule has 1 aromatic carbocycles. The fourth-order valence-electron chi connectivity index (χ4n) is 1.54. The Morgan fingerprint density at radius 2 is 1.71 bits per heavy atom. The van der Waals surface area contributed by atoms with Crippen LogP contribution in [0, 0.1) is 13.0 Å². The molecule has 0 aliphatic heterocycles. The molecule has 0 unspecified atom stereocenters. The van der Waals surface area contributed by atoms with Gasteiger partial charge < -0.3 is 29.9 Å². The fourth-order valence-corrected chi connectivity index (χ4v) is 1.54. The van der Waals surface area contributed by atoms with E-state index in [2.05, 4.69) is 43.8 Å². The molecule has 0 radical (unpaired) electrons. The minimum Gasteiger partial charge on any atom is -1.00 e. The molecule has 0 spiro atoms. The first-order valence-corrected chi connectivity index (χ1v) is 7.38. The Labute approximate surface area is 153 Å². The van der Waals surface area contributed by atoms with Gasteiger partial charge in [0.25, 0.3) is 0 Å². The number of halogens is 2. The normalized spacial score (nSPS) is 11.1. The zero-order valence-electron chi connectivity index (χ0n) is 13.1. The molecular formula is C17H23Cl2OTi-2. The van der Waals surface area contributed by atoms with Gasteiger partial charge in [-0.25, -0.2) is 12.2 Å². The summed E-state index contributed by atoms with van der Waals surface area (Å²) in [5, 5.41) is 9.36. The van der Waals surface area contributed by atoms with E-state index in [1.54, 1.807) is 26.0 Å². The van der Waals surface area contributed by atoms with Gasteiger partial charge >= 0.3 is 24.8 Å². The predicted octanol–water partition coefficient (Wildman–Crippen LogP) is -1.72. The van der Waals surface area contributed by atoms with Gasteiger partial charge in [0.05, 0.1) is 0 Å². The monoisotopic (exact) mass is 361 g/mol. The summed E-state index contributed by atoms with van der Waals surface area (Å²) in [6, 6.07) is 5.71. The summed E-state index contributed by atoms with van der Waals surface area (Å²) in [4.78, 5) is 3.25. The minimum atomic E-state index is 0. The van der Waals surface area contributed by atoms with Crippen molar-refractivity contribution in [2.75, 3.05) is 0 Å². The molecule has 1 aliphatic carbocycles. The molecule has 0 saturated heterocycles. The van der Waals surface area contributed by atoms with Crippen LogP contribution in [0.25, 0.3) is 0 Å². The summed E-state index contributed by atoms with van der Waals surface area (Å²) >= 11 is 1.75. The van der Waals surface area contributed by atoms with Gasteiger partial charge in [-0.2, -0.15) is 6.08 Å². The van der Waals surface area contributed by atoms with Crippen LogP contribution in [-0.4, -0.2) is 9.92 Å². The van der Waals surface area contributed by atoms with Crippen molar-refractivity contribution >= 4 is 4.82 Å². The number of phenolic OH excluding ortho intramolecular Hbond substituents is 1. The molecule has 1 N–H and O–H groups in total. The summed E-state index contributed by atoms with van der Waals surface area (Å²) in [5.41, 5.74) is 2.41. The van der Waals surface area contributed by atoms with Crippen molar-refractivity contribution < 1.29 is 49.9 Å². The number of benzene rings is 1. The summed E-state index contributed by atoms with van der Waals surface area (Å²) in [6.07, 6.45) is 10.0. The van der Waals surface area contributed by atoms with Gasteiger partial charge in [-0.1, -0.05) is 26.8 Å². The van der Waals surface area contributed by atoms with Crippen LogP contribution in [0.4, 0.5) is 0 Å². The van der Waals surface area contributed by atoms with Crippen molar-refractivity contribution in [3.8, 4) is 5.75 Å². The van der Waals surface area contributed by atoms with Crippen LogP contribution in [0.15, 0.2) is 36.4 Å². The molecule has 0 aromatic heterocycles. The Kier molecular flexibility index (Phi) is 16.3. The quantitative estimate of drug-likeness (QED) is 0.430. The first-order valence-electron chi connectivity index (χ1n) is 6.28. The van der Waals surface area contributed by atoms with Gasteiger partial charge in [0.1, 0.15) is 5.75 Å². The zero-order chi connectivity index (χ0) is 14.9. The van der Waals surface area contributed by atoms with Gasteiger partial charge in [-0.05, 0) is 35.6 Å². The van der Waals surface area contributed by atoms with Crippen LogP contribution in [0.1, 0.15) is 38.3 Å².